The second-order valence-corrected chi connectivity index (χ2v) is 5.74. The van der Waals surface area contributed by atoms with E-state index in [0.717, 1.165) is 13.0 Å². The van der Waals surface area contributed by atoms with E-state index in [4.69, 9.17) is 11.6 Å². The van der Waals surface area contributed by atoms with Gasteiger partial charge >= 0.3 is 0 Å². The molecule has 0 spiro atoms. The maximum atomic E-state index is 9.81. The maximum Gasteiger partial charge on any atom is 0.134 e. The molecule has 1 aliphatic heterocycles. The van der Waals surface area contributed by atoms with Crippen LogP contribution in [0.15, 0.2) is 12.1 Å². The summed E-state index contributed by atoms with van der Waals surface area (Å²) in [5, 5.41) is 10.3. The molecule has 1 saturated carbocycles. The Morgan fingerprint density at radius 1 is 1.35 bits per heavy atom. The highest BCUT2D eigenvalue weighted by Gasteiger charge is 2.35. The normalized spacial score (nSPS) is 28.6. The van der Waals surface area contributed by atoms with E-state index in [1.807, 2.05) is 12.1 Å². The summed E-state index contributed by atoms with van der Waals surface area (Å²) in [6.07, 6.45) is 4.86. The van der Waals surface area contributed by atoms with Crippen LogP contribution in [0.2, 0.25) is 5.02 Å². The largest absolute Gasteiger partial charge is 0.506 e. The predicted octanol–water partition coefficient (Wildman–Crippen LogP) is 3.17. The van der Waals surface area contributed by atoms with Crippen LogP contribution in [0, 0.1) is 0 Å². The lowest BCUT2D eigenvalue weighted by atomic mass is 9.90. The summed E-state index contributed by atoms with van der Waals surface area (Å²) in [6.45, 7) is 1.09. The molecule has 3 rings (SSSR count). The van der Waals surface area contributed by atoms with Gasteiger partial charge in [0, 0.05) is 12.6 Å². The van der Waals surface area contributed by atoms with Gasteiger partial charge < -0.3 is 10.0 Å². The van der Waals surface area contributed by atoms with E-state index in [2.05, 4.69) is 11.9 Å². The Kier molecular flexibility index (Phi) is 2.80. The fraction of sp³-hybridized carbons (Fsp3) is 0.571. The van der Waals surface area contributed by atoms with E-state index in [9.17, 15) is 5.11 Å². The number of phenols is 1. The number of rotatable bonds is 0. The molecule has 0 radical (unpaired) electrons. The number of hydrogen-bond acceptors (Lipinski definition) is 2. The minimum absolute atomic E-state index is 0.237. The molecule has 92 valence electrons. The van der Waals surface area contributed by atoms with Crippen molar-refractivity contribution >= 4 is 11.6 Å². The first kappa shape index (κ1) is 11.4. The summed E-state index contributed by atoms with van der Waals surface area (Å²) in [7, 11) is 2.22. The molecule has 1 aliphatic carbocycles. The van der Waals surface area contributed by atoms with Crippen LogP contribution in [0.1, 0.15) is 36.3 Å². The number of fused-ring (bicyclic) bond motifs is 3. The molecule has 1 fully saturated rings. The summed E-state index contributed by atoms with van der Waals surface area (Å²) in [4.78, 5) is 2.47. The quantitative estimate of drug-likeness (QED) is 0.766. The molecule has 1 heterocycles. The van der Waals surface area contributed by atoms with Gasteiger partial charge in [0.05, 0.1) is 5.02 Å². The molecule has 3 heteroatoms. The topological polar surface area (TPSA) is 23.5 Å². The summed E-state index contributed by atoms with van der Waals surface area (Å²) in [5.41, 5.74) is 2.66. The summed E-state index contributed by atoms with van der Waals surface area (Å²) < 4.78 is 0. The van der Waals surface area contributed by atoms with Gasteiger partial charge in [0.1, 0.15) is 5.75 Å². The molecule has 1 aromatic rings. The van der Waals surface area contributed by atoms with Crippen molar-refractivity contribution < 1.29 is 5.11 Å². The Morgan fingerprint density at radius 2 is 2.18 bits per heavy atom. The standard InChI is InChI=1S/C14H18ClNO/c1-16-6-5-9-7-12(15)14(17)8-11(9)10-3-2-4-13(10)16/h7-8,10,13,17H,2-6H2,1H3/t10-,13+/m1/s1. The third-order valence-corrected chi connectivity index (χ3v) is 4.69. The first-order chi connectivity index (χ1) is 8.16. The van der Waals surface area contributed by atoms with Crippen molar-refractivity contribution in [3.8, 4) is 5.75 Å². The second kappa shape index (κ2) is 4.18. The lowest BCUT2D eigenvalue weighted by Crippen LogP contribution is -2.32. The molecule has 0 aromatic heterocycles. The number of likely N-dealkylation sites (N-methyl/N-ethyl adjacent to an activating group) is 1. The number of phenolic OH excluding ortho intramolecular Hbond substituents is 1. The number of aromatic hydroxyl groups is 1. The summed E-state index contributed by atoms with van der Waals surface area (Å²) in [6, 6.07) is 4.51. The molecule has 17 heavy (non-hydrogen) atoms. The van der Waals surface area contributed by atoms with Crippen molar-refractivity contribution in [1.29, 1.82) is 0 Å². The third kappa shape index (κ3) is 1.84. The zero-order chi connectivity index (χ0) is 12.0. The highest BCUT2D eigenvalue weighted by atomic mass is 35.5. The van der Waals surface area contributed by atoms with Crippen LogP contribution in [0.4, 0.5) is 0 Å². The van der Waals surface area contributed by atoms with Crippen LogP contribution in [-0.4, -0.2) is 29.6 Å². The van der Waals surface area contributed by atoms with Crippen LogP contribution >= 0.6 is 11.6 Å². The Hall–Kier alpha value is -0.730. The fourth-order valence-electron chi connectivity index (χ4n) is 3.47. The van der Waals surface area contributed by atoms with Gasteiger partial charge in [-0.15, -0.1) is 0 Å². The lowest BCUT2D eigenvalue weighted by Gasteiger charge is -2.27. The van der Waals surface area contributed by atoms with E-state index in [1.165, 1.54) is 30.4 Å². The van der Waals surface area contributed by atoms with E-state index < -0.39 is 0 Å². The number of hydrogen-bond donors (Lipinski definition) is 1. The average Bonchev–Trinajstić information content (AvgIpc) is 2.74. The highest BCUT2D eigenvalue weighted by molar-refractivity contribution is 6.32. The first-order valence-electron chi connectivity index (χ1n) is 6.38. The van der Waals surface area contributed by atoms with E-state index >= 15 is 0 Å². The van der Waals surface area contributed by atoms with E-state index in [1.54, 1.807) is 0 Å². The summed E-state index contributed by atoms with van der Waals surface area (Å²) >= 11 is 6.01. The fourth-order valence-corrected chi connectivity index (χ4v) is 3.66. The SMILES string of the molecule is CN1CCc2cc(Cl)c(O)cc2[C@H]2CCC[C@@H]21. The van der Waals surface area contributed by atoms with Gasteiger partial charge in [0.15, 0.2) is 0 Å². The van der Waals surface area contributed by atoms with Gasteiger partial charge in [-0.2, -0.15) is 0 Å². The molecule has 2 atom stereocenters. The molecule has 2 aliphatic rings. The van der Waals surface area contributed by atoms with Crippen molar-refractivity contribution in [3.05, 3.63) is 28.3 Å². The zero-order valence-corrected chi connectivity index (χ0v) is 10.9. The van der Waals surface area contributed by atoms with Crippen molar-refractivity contribution in [1.82, 2.24) is 4.90 Å². The van der Waals surface area contributed by atoms with Gasteiger partial charge in [-0.1, -0.05) is 18.0 Å². The lowest BCUT2D eigenvalue weighted by molar-refractivity contribution is 0.239. The van der Waals surface area contributed by atoms with E-state index in [0.29, 0.717) is 17.0 Å². The van der Waals surface area contributed by atoms with Gasteiger partial charge in [-0.05, 0) is 55.5 Å². The molecule has 0 saturated heterocycles. The maximum absolute atomic E-state index is 9.81. The zero-order valence-electron chi connectivity index (χ0n) is 10.1. The Balaban J connectivity index is 2.09. The smallest absolute Gasteiger partial charge is 0.134 e. The molecular weight excluding hydrogens is 234 g/mol. The molecule has 1 N–H and O–H groups in total. The molecule has 0 amide bonds. The minimum atomic E-state index is 0.237. The summed E-state index contributed by atoms with van der Waals surface area (Å²) in [5.74, 6) is 0.821. The monoisotopic (exact) mass is 251 g/mol. The van der Waals surface area contributed by atoms with Crippen LogP contribution in [-0.2, 0) is 6.42 Å². The minimum Gasteiger partial charge on any atom is -0.506 e. The number of halogens is 1. The predicted molar refractivity (Wildman–Crippen MR) is 69.8 cm³/mol. The average molecular weight is 252 g/mol. The van der Waals surface area contributed by atoms with Crippen molar-refractivity contribution in [3.63, 3.8) is 0 Å². The van der Waals surface area contributed by atoms with Gasteiger partial charge in [0.2, 0.25) is 0 Å². The van der Waals surface area contributed by atoms with Crippen LogP contribution in [0.25, 0.3) is 0 Å². The molecule has 0 bridgehead atoms. The van der Waals surface area contributed by atoms with Crippen molar-refractivity contribution in [2.45, 2.75) is 37.6 Å². The van der Waals surface area contributed by atoms with Gasteiger partial charge in [0.25, 0.3) is 0 Å². The molecule has 1 aromatic carbocycles. The van der Waals surface area contributed by atoms with Crippen LogP contribution in [0.3, 0.4) is 0 Å². The Morgan fingerprint density at radius 3 is 3.00 bits per heavy atom. The van der Waals surface area contributed by atoms with Gasteiger partial charge in [-0.25, -0.2) is 0 Å². The van der Waals surface area contributed by atoms with Crippen molar-refractivity contribution in [2.24, 2.45) is 0 Å². The molecule has 0 unspecified atom stereocenters. The van der Waals surface area contributed by atoms with Crippen LogP contribution in [0.5, 0.6) is 5.75 Å². The highest BCUT2D eigenvalue weighted by Crippen LogP contribution is 2.43. The Labute approximate surface area is 107 Å². The second-order valence-electron chi connectivity index (χ2n) is 5.34. The van der Waals surface area contributed by atoms with Gasteiger partial charge in [-0.3, -0.25) is 0 Å². The third-order valence-electron chi connectivity index (χ3n) is 4.39. The Bertz CT molecular complexity index is 446. The molecular formula is C14H18ClNO. The number of benzene rings is 1. The number of nitrogens with zero attached hydrogens (tertiary/aromatic N) is 1. The first-order valence-corrected chi connectivity index (χ1v) is 6.76. The van der Waals surface area contributed by atoms with E-state index in [-0.39, 0.29) is 5.75 Å². The molecule has 2 nitrogen and oxygen atoms in total. The van der Waals surface area contributed by atoms with Crippen molar-refractivity contribution in [2.75, 3.05) is 13.6 Å². The van der Waals surface area contributed by atoms with Crippen LogP contribution < -0.4 is 0 Å².